The van der Waals surface area contributed by atoms with Crippen molar-refractivity contribution in [2.45, 2.75) is 20.5 Å². The number of anilines is 1. The molecule has 1 N–H and O–H groups in total. The van der Waals surface area contributed by atoms with Crippen LogP contribution in [0.4, 0.5) is 5.69 Å². The van der Waals surface area contributed by atoms with Gasteiger partial charge in [0.05, 0.1) is 18.4 Å². The average Bonchev–Trinajstić information content (AvgIpc) is 3.16. The Morgan fingerprint density at radius 2 is 1.89 bits per heavy atom. The Bertz CT molecular complexity index is 992. The molecule has 144 valence electrons. The quantitative estimate of drug-likeness (QED) is 0.651. The Hall–Kier alpha value is -3.61. The molecule has 0 radical (unpaired) electrons. The highest BCUT2D eigenvalue weighted by Gasteiger charge is 2.17. The van der Waals surface area contributed by atoms with Crippen LogP contribution >= 0.6 is 0 Å². The van der Waals surface area contributed by atoms with Crippen LogP contribution in [0.2, 0.25) is 0 Å². The van der Waals surface area contributed by atoms with Crippen LogP contribution < -0.4 is 10.1 Å². The number of para-hydroxylation sites is 1. The van der Waals surface area contributed by atoms with Crippen molar-refractivity contribution >= 4 is 17.6 Å². The Kier molecular flexibility index (Phi) is 5.74. The van der Waals surface area contributed by atoms with Gasteiger partial charge in [0.2, 0.25) is 11.8 Å². The van der Waals surface area contributed by atoms with Gasteiger partial charge in [-0.05, 0) is 42.8 Å². The molecule has 7 nitrogen and oxygen atoms in total. The molecule has 1 aromatic heterocycles. The van der Waals surface area contributed by atoms with Gasteiger partial charge in [-0.2, -0.15) is 0 Å². The summed E-state index contributed by atoms with van der Waals surface area (Å²) in [5, 5.41) is 2.67. The van der Waals surface area contributed by atoms with Gasteiger partial charge in [0, 0.05) is 12.5 Å². The molecule has 0 bridgehead atoms. The van der Waals surface area contributed by atoms with Crippen LogP contribution in [0.3, 0.4) is 0 Å². The van der Waals surface area contributed by atoms with Crippen LogP contribution in [0.5, 0.6) is 5.75 Å². The van der Waals surface area contributed by atoms with E-state index in [1.165, 1.54) is 13.2 Å². The van der Waals surface area contributed by atoms with Gasteiger partial charge in [0.1, 0.15) is 24.3 Å². The minimum atomic E-state index is -0.554. The lowest BCUT2D eigenvalue weighted by Crippen LogP contribution is -2.14. The molecule has 1 amide bonds. The molecule has 3 aromatic rings. The lowest BCUT2D eigenvalue weighted by atomic mass is 10.1. The van der Waals surface area contributed by atoms with E-state index in [0.717, 1.165) is 16.9 Å². The van der Waals surface area contributed by atoms with Gasteiger partial charge < -0.3 is 19.2 Å². The maximum Gasteiger partial charge on any atom is 0.340 e. The molecule has 0 aliphatic carbocycles. The number of benzene rings is 2. The van der Waals surface area contributed by atoms with Gasteiger partial charge >= 0.3 is 5.97 Å². The van der Waals surface area contributed by atoms with Crippen molar-refractivity contribution in [3.63, 3.8) is 0 Å². The van der Waals surface area contributed by atoms with E-state index in [1.54, 1.807) is 44.4 Å². The summed E-state index contributed by atoms with van der Waals surface area (Å²) >= 11 is 0. The number of amides is 1. The van der Waals surface area contributed by atoms with Gasteiger partial charge in [-0.3, -0.25) is 4.79 Å². The number of methoxy groups -OCH3 is 1. The number of ether oxygens (including phenoxy) is 2. The third kappa shape index (κ3) is 4.37. The number of hydrogen-bond donors (Lipinski definition) is 1. The highest BCUT2D eigenvalue weighted by molar-refractivity contribution is 6.01. The van der Waals surface area contributed by atoms with Crippen molar-refractivity contribution in [1.29, 1.82) is 0 Å². The molecule has 2 aromatic carbocycles. The molecule has 0 aliphatic heterocycles. The largest absolute Gasteiger partial charge is 0.497 e. The van der Waals surface area contributed by atoms with E-state index in [4.69, 9.17) is 13.9 Å². The summed E-state index contributed by atoms with van der Waals surface area (Å²) in [4.78, 5) is 28.2. The first-order valence-corrected chi connectivity index (χ1v) is 8.61. The Morgan fingerprint density at radius 1 is 1.14 bits per heavy atom. The number of carbonyl (C=O) groups is 2. The second kappa shape index (κ2) is 8.39. The Balaban J connectivity index is 1.69. The third-order valence-electron chi connectivity index (χ3n) is 4.03. The van der Waals surface area contributed by atoms with Gasteiger partial charge in [0.15, 0.2) is 0 Å². The summed E-state index contributed by atoms with van der Waals surface area (Å²) in [6.07, 6.45) is 1.44. The highest BCUT2D eigenvalue weighted by Crippen LogP contribution is 2.24. The maximum absolute atomic E-state index is 12.5. The van der Waals surface area contributed by atoms with Crippen LogP contribution in [0.1, 0.15) is 28.5 Å². The first-order valence-electron chi connectivity index (χ1n) is 8.61. The summed E-state index contributed by atoms with van der Waals surface area (Å²) in [5.74, 6) is 0.339. The molecule has 0 saturated heterocycles. The minimum Gasteiger partial charge on any atom is -0.497 e. The molecule has 0 atom stereocenters. The fourth-order valence-electron chi connectivity index (χ4n) is 2.64. The van der Waals surface area contributed by atoms with Crippen LogP contribution in [0.15, 0.2) is 53.1 Å². The minimum absolute atomic E-state index is 0.0497. The zero-order valence-corrected chi connectivity index (χ0v) is 15.8. The number of carbonyl (C=O) groups excluding carboxylic acids is 2. The standard InChI is InChI=1S/C21H20N2O5/c1-13-5-4-6-18(19(13)22-14(2)24)21(25)28-12-16-11-27-20(23-16)15-7-9-17(26-3)10-8-15/h4-11H,12H2,1-3H3,(H,22,24). The van der Waals surface area contributed by atoms with E-state index >= 15 is 0 Å². The topological polar surface area (TPSA) is 90.7 Å². The maximum atomic E-state index is 12.5. The van der Waals surface area contributed by atoms with E-state index in [0.29, 0.717) is 17.3 Å². The van der Waals surface area contributed by atoms with Crippen molar-refractivity contribution in [3.05, 3.63) is 65.5 Å². The molecule has 0 unspecified atom stereocenters. The molecular weight excluding hydrogens is 360 g/mol. The predicted octanol–water partition coefficient (Wildman–Crippen LogP) is 3.97. The Morgan fingerprint density at radius 3 is 2.57 bits per heavy atom. The molecular formula is C21H20N2O5. The van der Waals surface area contributed by atoms with Crippen LogP contribution in [0.25, 0.3) is 11.5 Å². The summed E-state index contributed by atoms with van der Waals surface area (Å²) in [6.45, 7) is 3.14. The van der Waals surface area contributed by atoms with Gasteiger partial charge in [-0.15, -0.1) is 0 Å². The lowest BCUT2D eigenvalue weighted by molar-refractivity contribution is -0.114. The van der Waals surface area contributed by atoms with Gasteiger partial charge in [-0.1, -0.05) is 12.1 Å². The number of hydrogen-bond acceptors (Lipinski definition) is 6. The second-order valence-corrected chi connectivity index (χ2v) is 6.13. The number of nitrogens with one attached hydrogen (secondary N) is 1. The van der Waals surface area contributed by atoms with E-state index in [9.17, 15) is 9.59 Å². The van der Waals surface area contributed by atoms with Gasteiger partial charge in [0.25, 0.3) is 0 Å². The normalized spacial score (nSPS) is 10.4. The van der Waals surface area contributed by atoms with Crippen molar-refractivity contribution in [1.82, 2.24) is 4.98 Å². The molecule has 0 spiro atoms. The number of rotatable bonds is 6. The Labute approximate surface area is 162 Å². The van der Waals surface area contributed by atoms with Crippen molar-refractivity contribution in [2.24, 2.45) is 0 Å². The zero-order chi connectivity index (χ0) is 20.1. The summed E-state index contributed by atoms with van der Waals surface area (Å²) in [6, 6.07) is 12.4. The fraction of sp³-hybridized carbons (Fsp3) is 0.190. The van der Waals surface area contributed by atoms with Crippen molar-refractivity contribution < 1.29 is 23.5 Å². The third-order valence-corrected chi connectivity index (χ3v) is 4.03. The summed E-state index contributed by atoms with van der Waals surface area (Å²) < 4.78 is 15.9. The second-order valence-electron chi connectivity index (χ2n) is 6.13. The van der Waals surface area contributed by atoms with E-state index in [1.807, 2.05) is 12.1 Å². The number of aromatic nitrogens is 1. The highest BCUT2D eigenvalue weighted by atomic mass is 16.5. The average molecular weight is 380 g/mol. The van der Waals surface area contributed by atoms with Crippen LogP contribution in [-0.2, 0) is 16.1 Å². The summed E-state index contributed by atoms with van der Waals surface area (Å²) in [7, 11) is 1.60. The number of oxazole rings is 1. The molecule has 1 heterocycles. The first kappa shape index (κ1) is 19.2. The van der Waals surface area contributed by atoms with Gasteiger partial charge in [-0.25, -0.2) is 9.78 Å². The molecule has 3 rings (SSSR count). The predicted molar refractivity (Wildman–Crippen MR) is 103 cm³/mol. The number of aryl methyl sites for hydroxylation is 1. The SMILES string of the molecule is COc1ccc(-c2nc(COC(=O)c3cccc(C)c3NC(C)=O)co2)cc1. The number of esters is 1. The molecule has 7 heteroatoms. The molecule has 0 saturated carbocycles. The van der Waals surface area contributed by atoms with Crippen molar-refractivity contribution in [3.8, 4) is 17.2 Å². The van der Waals surface area contributed by atoms with Crippen LogP contribution in [-0.4, -0.2) is 24.0 Å². The van der Waals surface area contributed by atoms with Crippen LogP contribution in [0, 0.1) is 6.92 Å². The molecule has 0 aliphatic rings. The van der Waals surface area contributed by atoms with E-state index < -0.39 is 5.97 Å². The molecule has 0 fully saturated rings. The monoisotopic (exact) mass is 380 g/mol. The number of nitrogens with zero attached hydrogens (tertiary/aromatic N) is 1. The molecule has 28 heavy (non-hydrogen) atoms. The smallest absolute Gasteiger partial charge is 0.340 e. The first-order chi connectivity index (χ1) is 13.5. The van der Waals surface area contributed by atoms with E-state index in [-0.39, 0.29) is 18.1 Å². The van der Waals surface area contributed by atoms with Crippen molar-refractivity contribution in [2.75, 3.05) is 12.4 Å². The summed E-state index contributed by atoms with van der Waals surface area (Å²) in [5.41, 5.74) is 2.76. The lowest BCUT2D eigenvalue weighted by Gasteiger charge is -2.12. The fourth-order valence-corrected chi connectivity index (χ4v) is 2.64. The zero-order valence-electron chi connectivity index (χ0n) is 15.8. The van der Waals surface area contributed by atoms with E-state index in [2.05, 4.69) is 10.3 Å².